The minimum Gasteiger partial charge on any atom is -0.339 e. The van der Waals surface area contributed by atoms with E-state index < -0.39 is 0 Å². The van der Waals surface area contributed by atoms with Crippen LogP contribution in [0.2, 0.25) is 0 Å². The highest BCUT2D eigenvalue weighted by Gasteiger charge is 2.28. The van der Waals surface area contributed by atoms with Crippen molar-refractivity contribution in [3.05, 3.63) is 65.7 Å². The first kappa shape index (κ1) is 23.0. The van der Waals surface area contributed by atoms with Crippen molar-refractivity contribution >= 4 is 17.5 Å². The molecule has 5 nitrogen and oxygen atoms in total. The lowest BCUT2D eigenvalue weighted by Crippen LogP contribution is -2.49. The van der Waals surface area contributed by atoms with E-state index in [4.69, 9.17) is 0 Å². The number of piperidine rings is 1. The Kier molecular flexibility index (Phi) is 8.24. The van der Waals surface area contributed by atoms with E-state index in [1.165, 1.54) is 5.56 Å². The summed E-state index contributed by atoms with van der Waals surface area (Å²) >= 11 is 0. The molecule has 0 unspecified atom stereocenters. The van der Waals surface area contributed by atoms with Crippen LogP contribution in [0.25, 0.3) is 0 Å². The highest BCUT2D eigenvalue weighted by Crippen LogP contribution is 2.20. The summed E-state index contributed by atoms with van der Waals surface area (Å²) in [5.41, 5.74) is 2.85. The molecular formula is C26H35N3O2. The zero-order valence-corrected chi connectivity index (χ0v) is 19.0. The van der Waals surface area contributed by atoms with E-state index in [2.05, 4.69) is 43.1 Å². The SMILES string of the molecule is CCCN(CC(=O)Nc1ccc(C(C)C)cc1)C1CCN(C(=O)c2ccccc2)CC1. The summed E-state index contributed by atoms with van der Waals surface area (Å²) in [4.78, 5) is 29.6. The van der Waals surface area contributed by atoms with Gasteiger partial charge in [0, 0.05) is 30.4 Å². The second-order valence-corrected chi connectivity index (χ2v) is 8.68. The minimum absolute atomic E-state index is 0.0218. The van der Waals surface area contributed by atoms with E-state index >= 15 is 0 Å². The monoisotopic (exact) mass is 421 g/mol. The second-order valence-electron chi connectivity index (χ2n) is 8.68. The highest BCUT2D eigenvalue weighted by atomic mass is 16.2. The van der Waals surface area contributed by atoms with E-state index in [9.17, 15) is 9.59 Å². The predicted molar refractivity (Wildman–Crippen MR) is 126 cm³/mol. The molecule has 5 heteroatoms. The van der Waals surface area contributed by atoms with Gasteiger partial charge in [0.05, 0.1) is 6.54 Å². The molecular weight excluding hydrogens is 386 g/mol. The summed E-state index contributed by atoms with van der Waals surface area (Å²) in [6.45, 7) is 9.20. The van der Waals surface area contributed by atoms with Crippen LogP contribution < -0.4 is 5.32 Å². The lowest BCUT2D eigenvalue weighted by Gasteiger charge is -2.38. The number of benzene rings is 2. The van der Waals surface area contributed by atoms with Gasteiger partial charge in [-0.05, 0) is 61.6 Å². The third-order valence-electron chi connectivity index (χ3n) is 6.01. The van der Waals surface area contributed by atoms with Gasteiger partial charge in [-0.25, -0.2) is 0 Å². The Hall–Kier alpha value is -2.66. The van der Waals surface area contributed by atoms with Crippen LogP contribution in [0.1, 0.15) is 61.9 Å². The number of likely N-dealkylation sites (tertiary alicyclic amines) is 1. The van der Waals surface area contributed by atoms with Crippen LogP contribution in [0.5, 0.6) is 0 Å². The van der Waals surface area contributed by atoms with Crippen LogP contribution in [0.3, 0.4) is 0 Å². The van der Waals surface area contributed by atoms with E-state index in [-0.39, 0.29) is 11.8 Å². The van der Waals surface area contributed by atoms with Crippen LogP contribution in [-0.2, 0) is 4.79 Å². The molecule has 1 aliphatic rings. The summed E-state index contributed by atoms with van der Waals surface area (Å²) in [6.07, 6.45) is 2.80. The first-order chi connectivity index (χ1) is 15.0. The Bertz CT molecular complexity index is 841. The number of rotatable bonds is 8. The van der Waals surface area contributed by atoms with Gasteiger partial charge in [-0.15, -0.1) is 0 Å². The van der Waals surface area contributed by atoms with E-state index in [0.717, 1.165) is 50.1 Å². The largest absolute Gasteiger partial charge is 0.339 e. The Morgan fingerprint density at radius 2 is 1.68 bits per heavy atom. The first-order valence-electron chi connectivity index (χ1n) is 11.5. The Morgan fingerprint density at radius 1 is 1.03 bits per heavy atom. The average Bonchev–Trinajstić information content (AvgIpc) is 2.79. The quantitative estimate of drug-likeness (QED) is 0.668. The molecule has 1 heterocycles. The second kappa shape index (κ2) is 11.1. The zero-order valence-electron chi connectivity index (χ0n) is 19.0. The van der Waals surface area contributed by atoms with Crippen molar-refractivity contribution in [3.8, 4) is 0 Å². The van der Waals surface area contributed by atoms with Gasteiger partial charge >= 0.3 is 0 Å². The molecule has 2 aromatic rings. The highest BCUT2D eigenvalue weighted by molar-refractivity contribution is 5.94. The van der Waals surface area contributed by atoms with Gasteiger partial charge in [-0.3, -0.25) is 14.5 Å². The van der Waals surface area contributed by atoms with Gasteiger partial charge in [-0.1, -0.05) is 51.1 Å². The average molecular weight is 422 g/mol. The fraction of sp³-hybridized carbons (Fsp3) is 0.462. The van der Waals surface area contributed by atoms with Crippen LogP contribution in [0.4, 0.5) is 5.69 Å². The zero-order chi connectivity index (χ0) is 22.2. The minimum atomic E-state index is 0.0218. The molecule has 3 rings (SSSR count). The van der Waals surface area contributed by atoms with Crippen LogP contribution in [0, 0.1) is 0 Å². The maximum Gasteiger partial charge on any atom is 0.253 e. The summed E-state index contributed by atoms with van der Waals surface area (Å²) in [7, 11) is 0. The molecule has 1 fully saturated rings. The van der Waals surface area contributed by atoms with Gasteiger partial charge < -0.3 is 10.2 Å². The van der Waals surface area contributed by atoms with Gasteiger partial charge in [-0.2, -0.15) is 0 Å². The van der Waals surface area contributed by atoms with Crippen molar-refractivity contribution in [1.82, 2.24) is 9.80 Å². The van der Waals surface area contributed by atoms with Crippen LogP contribution in [0.15, 0.2) is 54.6 Å². The topological polar surface area (TPSA) is 52.7 Å². The molecule has 1 aliphatic heterocycles. The van der Waals surface area contributed by atoms with Crippen molar-refractivity contribution < 1.29 is 9.59 Å². The van der Waals surface area contributed by atoms with Crippen molar-refractivity contribution in [3.63, 3.8) is 0 Å². The molecule has 31 heavy (non-hydrogen) atoms. The Balaban J connectivity index is 1.53. The maximum absolute atomic E-state index is 12.7. The normalized spacial score (nSPS) is 14.8. The molecule has 0 atom stereocenters. The predicted octanol–water partition coefficient (Wildman–Crippen LogP) is 4.77. The molecule has 0 spiro atoms. The van der Waals surface area contributed by atoms with E-state index in [0.29, 0.717) is 18.5 Å². The van der Waals surface area contributed by atoms with E-state index in [1.54, 1.807) is 0 Å². The number of nitrogens with one attached hydrogen (secondary N) is 1. The molecule has 2 aromatic carbocycles. The summed E-state index contributed by atoms with van der Waals surface area (Å²) in [5, 5.41) is 3.04. The lowest BCUT2D eigenvalue weighted by molar-refractivity contribution is -0.118. The van der Waals surface area contributed by atoms with Gasteiger partial charge in [0.2, 0.25) is 5.91 Å². The first-order valence-corrected chi connectivity index (χ1v) is 11.5. The van der Waals surface area contributed by atoms with Crippen LogP contribution >= 0.6 is 0 Å². The van der Waals surface area contributed by atoms with Crippen molar-refractivity contribution in [2.24, 2.45) is 0 Å². The Morgan fingerprint density at radius 3 is 2.26 bits per heavy atom. The fourth-order valence-corrected chi connectivity index (χ4v) is 4.21. The summed E-state index contributed by atoms with van der Waals surface area (Å²) in [6, 6.07) is 17.9. The Labute approximate surface area is 186 Å². The smallest absolute Gasteiger partial charge is 0.253 e. The molecule has 0 aromatic heterocycles. The number of carbonyl (C=O) groups excluding carboxylic acids is 2. The van der Waals surface area contributed by atoms with Gasteiger partial charge in [0.15, 0.2) is 0 Å². The molecule has 0 aliphatic carbocycles. The van der Waals surface area contributed by atoms with Gasteiger partial charge in [0.25, 0.3) is 5.91 Å². The summed E-state index contributed by atoms with van der Waals surface area (Å²) in [5.74, 6) is 0.599. The molecule has 2 amide bonds. The fourth-order valence-electron chi connectivity index (χ4n) is 4.21. The number of hydrogen-bond acceptors (Lipinski definition) is 3. The van der Waals surface area contributed by atoms with Gasteiger partial charge in [0.1, 0.15) is 0 Å². The molecule has 0 saturated carbocycles. The number of anilines is 1. The number of hydrogen-bond donors (Lipinski definition) is 1. The molecule has 1 saturated heterocycles. The molecule has 166 valence electrons. The molecule has 1 N–H and O–H groups in total. The lowest BCUT2D eigenvalue weighted by atomic mass is 10.0. The van der Waals surface area contributed by atoms with Crippen molar-refractivity contribution in [1.29, 1.82) is 0 Å². The molecule has 0 radical (unpaired) electrons. The number of carbonyl (C=O) groups is 2. The third-order valence-corrected chi connectivity index (χ3v) is 6.01. The molecule has 0 bridgehead atoms. The standard InChI is InChI=1S/C26H35N3O2/c1-4-16-29(19-25(30)27-23-12-10-21(11-13-23)20(2)3)24-14-17-28(18-15-24)26(31)22-8-6-5-7-9-22/h5-13,20,24H,4,14-19H2,1-3H3,(H,27,30). The van der Waals surface area contributed by atoms with Crippen LogP contribution in [-0.4, -0.2) is 53.8 Å². The summed E-state index contributed by atoms with van der Waals surface area (Å²) < 4.78 is 0. The number of nitrogens with zero attached hydrogens (tertiary/aromatic N) is 2. The third kappa shape index (κ3) is 6.41. The van der Waals surface area contributed by atoms with Crippen molar-refractivity contribution in [2.45, 2.75) is 52.0 Å². The number of amides is 2. The van der Waals surface area contributed by atoms with E-state index in [1.807, 2.05) is 47.4 Å². The maximum atomic E-state index is 12.7. The van der Waals surface area contributed by atoms with Crippen molar-refractivity contribution in [2.75, 3.05) is 31.5 Å².